The van der Waals surface area contributed by atoms with Crippen molar-refractivity contribution in [1.29, 1.82) is 0 Å². The predicted molar refractivity (Wildman–Crippen MR) is 82.1 cm³/mol. The topological polar surface area (TPSA) is 78.5 Å². The molecule has 2 rings (SSSR count). The lowest BCUT2D eigenvalue weighted by atomic mass is 9.71. The smallest absolute Gasteiger partial charge is 0.278 e. The zero-order chi connectivity index (χ0) is 15.5. The maximum atomic E-state index is 11.7. The molecule has 2 fully saturated rings. The monoisotopic (exact) mass is 317 g/mol. The van der Waals surface area contributed by atoms with Crippen LogP contribution in [0.4, 0.5) is 0 Å². The van der Waals surface area contributed by atoms with Gasteiger partial charge in [0.2, 0.25) is 0 Å². The van der Waals surface area contributed by atoms with Crippen LogP contribution in [0.25, 0.3) is 0 Å². The third kappa shape index (κ3) is 4.48. The number of ketones is 1. The molecule has 0 unspecified atom stereocenters. The fourth-order valence-electron chi connectivity index (χ4n) is 3.51. The summed E-state index contributed by atoms with van der Waals surface area (Å²) in [5.74, 6) is 1.38. The summed E-state index contributed by atoms with van der Waals surface area (Å²) < 4.78 is 27.0. The highest BCUT2D eigenvalue weighted by molar-refractivity contribution is 7.87. The fraction of sp³-hybridized carbons (Fsp3) is 0.929. The Hall–Kier alpha value is -0.500. The quantitative estimate of drug-likeness (QED) is 0.700. The third-order valence-corrected chi connectivity index (χ3v) is 6.29. The first kappa shape index (κ1) is 16.9. The van der Waals surface area contributed by atoms with Gasteiger partial charge in [-0.1, -0.05) is 0 Å². The van der Waals surface area contributed by atoms with Gasteiger partial charge in [-0.2, -0.15) is 12.7 Å². The number of hydrogen-bond donors (Lipinski definition) is 2. The Morgan fingerprint density at radius 1 is 1.33 bits per heavy atom. The molecule has 3 atom stereocenters. The van der Waals surface area contributed by atoms with Gasteiger partial charge in [-0.05, 0) is 44.1 Å². The number of piperidine rings is 1. The summed E-state index contributed by atoms with van der Waals surface area (Å²) in [5.41, 5.74) is 0. The molecule has 0 radical (unpaired) electrons. The van der Waals surface area contributed by atoms with Gasteiger partial charge < -0.3 is 5.32 Å². The standard InChI is InChI=1S/C14H27N3O3S/c1-17(2)21(19,20)16-8-3-4-11-7-9-15-14-6-5-12(18)10-13(11)14/h11,13-16H,3-10H2,1-2H3/t11-,13+,14-/m0/s1. The summed E-state index contributed by atoms with van der Waals surface area (Å²) in [6, 6.07) is 0.486. The predicted octanol–water partition coefficient (Wildman–Crippen LogP) is 0.510. The lowest BCUT2D eigenvalue weighted by molar-refractivity contribution is -0.123. The van der Waals surface area contributed by atoms with Crippen LogP contribution in [-0.2, 0) is 15.0 Å². The molecular weight excluding hydrogens is 290 g/mol. The minimum absolute atomic E-state index is 0.387. The molecule has 7 heteroatoms. The molecule has 0 aromatic heterocycles. The second kappa shape index (κ2) is 7.17. The zero-order valence-corrected chi connectivity index (χ0v) is 13.8. The minimum atomic E-state index is -3.32. The van der Waals surface area contributed by atoms with Gasteiger partial charge in [-0.3, -0.25) is 4.79 Å². The van der Waals surface area contributed by atoms with E-state index in [0.717, 1.165) is 32.2 Å². The van der Waals surface area contributed by atoms with Gasteiger partial charge in [0.1, 0.15) is 5.78 Å². The second-order valence-corrected chi connectivity index (χ2v) is 8.35. The fourth-order valence-corrected chi connectivity index (χ4v) is 4.17. The summed E-state index contributed by atoms with van der Waals surface area (Å²) in [4.78, 5) is 11.7. The Morgan fingerprint density at radius 2 is 2.10 bits per heavy atom. The maximum absolute atomic E-state index is 11.7. The highest BCUT2D eigenvalue weighted by Crippen LogP contribution is 2.35. The van der Waals surface area contributed by atoms with Gasteiger partial charge in [0, 0.05) is 39.5 Å². The first-order valence-electron chi connectivity index (χ1n) is 7.82. The summed E-state index contributed by atoms with van der Waals surface area (Å²) in [6.45, 7) is 1.49. The number of nitrogens with one attached hydrogen (secondary N) is 2. The molecule has 6 nitrogen and oxygen atoms in total. The van der Waals surface area contributed by atoms with Crippen LogP contribution in [0.15, 0.2) is 0 Å². The Morgan fingerprint density at radius 3 is 2.81 bits per heavy atom. The van der Waals surface area contributed by atoms with Crippen molar-refractivity contribution in [1.82, 2.24) is 14.3 Å². The summed E-state index contributed by atoms with van der Waals surface area (Å²) in [5, 5.41) is 3.53. The van der Waals surface area contributed by atoms with Crippen LogP contribution < -0.4 is 10.0 Å². The van der Waals surface area contributed by atoms with Crippen LogP contribution in [0, 0.1) is 11.8 Å². The van der Waals surface area contributed by atoms with Crippen molar-refractivity contribution >= 4 is 16.0 Å². The highest BCUT2D eigenvalue weighted by Gasteiger charge is 2.36. The Labute approximate surface area is 127 Å². The highest BCUT2D eigenvalue weighted by atomic mass is 32.2. The van der Waals surface area contributed by atoms with Crippen molar-refractivity contribution in [2.75, 3.05) is 27.2 Å². The van der Waals surface area contributed by atoms with E-state index in [1.54, 1.807) is 0 Å². The summed E-state index contributed by atoms with van der Waals surface area (Å²) in [6.07, 6.45) is 5.29. The normalized spacial score (nSPS) is 30.4. The second-order valence-electron chi connectivity index (χ2n) is 6.38. The van der Waals surface area contributed by atoms with E-state index in [9.17, 15) is 13.2 Å². The largest absolute Gasteiger partial charge is 0.314 e. The van der Waals surface area contributed by atoms with Crippen molar-refractivity contribution < 1.29 is 13.2 Å². The van der Waals surface area contributed by atoms with Crippen molar-refractivity contribution in [3.05, 3.63) is 0 Å². The molecule has 1 saturated heterocycles. The molecule has 0 bridgehead atoms. The molecule has 2 N–H and O–H groups in total. The van der Waals surface area contributed by atoms with Crippen LogP contribution in [0.3, 0.4) is 0 Å². The van der Waals surface area contributed by atoms with Gasteiger partial charge in [-0.25, -0.2) is 4.72 Å². The van der Waals surface area contributed by atoms with Gasteiger partial charge in [0.15, 0.2) is 0 Å². The molecule has 1 aliphatic heterocycles. The van der Waals surface area contributed by atoms with Crippen LogP contribution >= 0.6 is 0 Å². The number of Topliss-reactive ketones (excluding diaryl/α,β-unsaturated/α-hetero) is 1. The zero-order valence-electron chi connectivity index (χ0n) is 13.0. The Kier molecular flexibility index (Phi) is 5.76. The Balaban J connectivity index is 1.78. The maximum Gasteiger partial charge on any atom is 0.278 e. The van der Waals surface area contributed by atoms with Gasteiger partial charge in [0.25, 0.3) is 10.2 Å². The van der Waals surface area contributed by atoms with E-state index in [4.69, 9.17) is 0 Å². The van der Waals surface area contributed by atoms with E-state index in [0.29, 0.717) is 43.0 Å². The first-order chi connectivity index (χ1) is 9.90. The van der Waals surface area contributed by atoms with E-state index in [-0.39, 0.29) is 0 Å². The van der Waals surface area contributed by atoms with E-state index in [1.807, 2.05) is 0 Å². The van der Waals surface area contributed by atoms with Gasteiger partial charge in [-0.15, -0.1) is 0 Å². The van der Waals surface area contributed by atoms with Crippen molar-refractivity contribution in [2.24, 2.45) is 11.8 Å². The van der Waals surface area contributed by atoms with Crippen LogP contribution in [-0.4, -0.2) is 51.7 Å². The molecule has 21 heavy (non-hydrogen) atoms. The van der Waals surface area contributed by atoms with Gasteiger partial charge in [0.05, 0.1) is 0 Å². The van der Waals surface area contributed by atoms with Crippen LogP contribution in [0.2, 0.25) is 0 Å². The van der Waals surface area contributed by atoms with Crippen LogP contribution in [0.1, 0.15) is 38.5 Å². The molecule has 0 aromatic carbocycles. The van der Waals surface area contributed by atoms with Crippen molar-refractivity contribution in [3.8, 4) is 0 Å². The average Bonchev–Trinajstić information content (AvgIpc) is 2.43. The molecule has 0 spiro atoms. The minimum Gasteiger partial charge on any atom is -0.314 e. The lowest BCUT2D eigenvalue weighted by Gasteiger charge is -2.41. The third-order valence-electron chi connectivity index (χ3n) is 4.76. The summed E-state index contributed by atoms with van der Waals surface area (Å²) in [7, 11) is -0.274. The number of fused-ring (bicyclic) bond motifs is 1. The molecular formula is C14H27N3O3S. The van der Waals surface area contributed by atoms with E-state index >= 15 is 0 Å². The molecule has 1 saturated carbocycles. The van der Waals surface area contributed by atoms with Gasteiger partial charge >= 0.3 is 0 Å². The SMILES string of the molecule is CN(C)S(=O)(=O)NCCC[C@H]1CCN[C@H]2CCC(=O)C[C@H]12. The average molecular weight is 317 g/mol. The molecule has 1 heterocycles. The summed E-state index contributed by atoms with van der Waals surface area (Å²) >= 11 is 0. The number of carbonyl (C=O) groups is 1. The molecule has 122 valence electrons. The number of rotatable bonds is 6. The lowest BCUT2D eigenvalue weighted by Crippen LogP contribution is -2.49. The van der Waals surface area contributed by atoms with E-state index in [2.05, 4.69) is 10.0 Å². The van der Waals surface area contributed by atoms with E-state index < -0.39 is 10.2 Å². The Bertz CT molecular complexity index is 464. The van der Waals surface area contributed by atoms with Crippen molar-refractivity contribution in [3.63, 3.8) is 0 Å². The number of hydrogen-bond acceptors (Lipinski definition) is 4. The van der Waals surface area contributed by atoms with E-state index in [1.165, 1.54) is 18.4 Å². The van der Waals surface area contributed by atoms with Crippen LogP contribution in [0.5, 0.6) is 0 Å². The number of nitrogens with zero attached hydrogens (tertiary/aromatic N) is 1. The molecule has 0 amide bonds. The molecule has 2 aliphatic rings. The van der Waals surface area contributed by atoms with Crippen molar-refractivity contribution in [2.45, 2.75) is 44.6 Å². The first-order valence-corrected chi connectivity index (χ1v) is 9.26. The molecule has 1 aliphatic carbocycles. The molecule has 0 aromatic rings. The number of carbonyl (C=O) groups excluding carboxylic acids is 1.